The molecule has 0 unspecified atom stereocenters. The Balaban J connectivity index is 2.23. The van der Waals surface area contributed by atoms with Gasteiger partial charge in [-0.2, -0.15) is 0 Å². The van der Waals surface area contributed by atoms with Crippen LogP contribution in [-0.4, -0.2) is 13.2 Å². The molecule has 3 N–H and O–H groups in total. The molecule has 0 heterocycles. The van der Waals surface area contributed by atoms with Crippen LogP contribution in [0.4, 0.5) is 17.1 Å². The minimum absolute atomic E-state index is 0.598. The third kappa shape index (κ3) is 3.81. The van der Waals surface area contributed by atoms with Crippen molar-refractivity contribution in [2.45, 2.75) is 20.8 Å². The number of hydrogen-bond donors (Lipinski definition) is 2. The van der Waals surface area contributed by atoms with E-state index in [0.29, 0.717) is 13.2 Å². The van der Waals surface area contributed by atoms with E-state index in [0.717, 1.165) is 34.1 Å². The Morgan fingerprint density at radius 2 is 1.52 bits per heavy atom. The number of ether oxygens (including phenoxy) is 2. The lowest BCUT2D eigenvalue weighted by Gasteiger charge is -2.14. The number of nitrogens with two attached hydrogens (primary N) is 1. The van der Waals surface area contributed by atoms with E-state index in [1.807, 2.05) is 57.2 Å². The number of rotatable bonds is 6. The van der Waals surface area contributed by atoms with Crippen LogP contribution in [-0.2, 0) is 0 Å². The van der Waals surface area contributed by atoms with Crippen molar-refractivity contribution in [3.8, 4) is 11.5 Å². The second-order valence-corrected chi connectivity index (χ2v) is 4.72. The fourth-order valence-corrected chi connectivity index (χ4v) is 2.01. The largest absolute Gasteiger partial charge is 0.490 e. The van der Waals surface area contributed by atoms with Crippen LogP contribution in [0.15, 0.2) is 36.4 Å². The van der Waals surface area contributed by atoms with Gasteiger partial charge in [-0.15, -0.1) is 0 Å². The second kappa shape index (κ2) is 6.88. The van der Waals surface area contributed by atoms with E-state index in [2.05, 4.69) is 5.32 Å². The number of hydrogen-bond acceptors (Lipinski definition) is 4. The van der Waals surface area contributed by atoms with Gasteiger partial charge < -0.3 is 20.5 Å². The first-order chi connectivity index (χ1) is 10.1. The second-order valence-electron chi connectivity index (χ2n) is 4.72. The van der Waals surface area contributed by atoms with E-state index in [4.69, 9.17) is 15.2 Å². The Kier molecular flexibility index (Phi) is 4.93. The maximum Gasteiger partial charge on any atom is 0.163 e. The Bertz CT molecular complexity index is 612. The van der Waals surface area contributed by atoms with Crippen molar-refractivity contribution >= 4 is 17.1 Å². The quantitative estimate of drug-likeness (QED) is 0.784. The van der Waals surface area contributed by atoms with Gasteiger partial charge in [0.2, 0.25) is 0 Å². The van der Waals surface area contributed by atoms with E-state index >= 15 is 0 Å². The van der Waals surface area contributed by atoms with Gasteiger partial charge in [0, 0.05) is 23.1 Å². The molecular formula is C17H22N2O2. The normalized spacial score (nSPS) is 10.2. The minimum Gasteiger partial charge on any atom is -0.490 e. The van der Waals surface area contributed by atoms with Crippen molar-refractivity contribution in [1.29, 1.82) is 0 Å². The van der Waals surface area contributed by atoms with E-state index in [1.165, 1.54) is 0 Å². The van der Waals surface area contributed by atoms with Crippen LogP contribution in [0.5, 0.6) is 11.5 Å². The van der Waals surface area contributed by atoms with Gasteiger partial charge in [0.15, 0.2) is 11.5 Å². The first-order valence-corrected chi connectivity index (χ1v) is 7.16. The molecule has 0 bridgehead atoms. The van der Waals surface area contributed by atoms with Gasteiger partial charge in [-0.25, -0.2) is 0 Å². The zero-order chi connectivity index (χ0) is 15.2. The standard InChI is InChI=1S/C17H22N2O2/c1-4-20-16-9-8-14(11-17(16)21-5-2)19-13-7-6-12(3)15(18)10-13/h6-11,19H,4-5,18H2,1-3H3. The Hall–Kier alpha value is -2.36. The van der Waals surface area contributed by atoms with Gasteiger partial charge in [0.05, 0.1) is 13.2 Å². The highest BCUT2D eigenvalue weighted by Crippen LogP contribution is 2.32. The Morgan fingerprint density at radius 1 is 0.905 bits per heavy atom. The van der Waals surface area contributed by atoms with E-state index in [1.54, 1.807) is 0 Å². The number of aryl methyl sites for hydroxylation is 1. The third-order valence-electron chi connectivity index (χ3n) is 3.11. The summed E-state index contributed by atoms with van der Waals surface area (Å²) in [4.78, 5) is 0. The van der Waals surface area contributed by atoms with Crippen molar-refractivity contribution in [1.82, 2.24) is 0 Å². The van der Waals surface area contributed by atoms with Gasteiger partial charge in [0.1, 0.15) is 0 Å². The first-order valence-electron chi connectivity index (χ1n) is 7.16. The van der Waals surface area contributed by atoms with Crippen molar-refractivity contribution in [2.75, 3.05) is 24.3 Å². The maximum absolute atomic E-state index is 5.93. The number of nitrogen functional groups attached to an aromatic ring is 1. The topological polar surface area (TPSA) is 56.5 Å². The highest BCUT2D eigenvalue weighted by atomic mass is 16.5. The highest BCUT2D eigenvalue weighted by Gasteiger charge is 2.06. The van der Waals surface area contributed by atoms with Crippen LogP contribution < -0.4 is 20.5 Å². The smallest absolute Gasteiger partial charge is 0.163 e. The van der Waals surface area contributed by atoms with E-state index in [9.17, 15) is 0 Å². The van der Waals surface area contributed by atoms with Crippen LogP contribution in [0.3, 0.4) is 0 Å². The molecule has 0 aliphatic heterocycles. The molecule has 0 radical (unpaired) electrons. The summed E-state index contributed by atoms with van der Waals surface area (Å²) in [5.41, 5.74) is 9.66. The molecule has 0 amide bonds. The Labute approximate surface area is 125 Å². The van der Waals surface area contributed by atoms with Gasteiger partial charge in [-0.1, -0.05) is 6.07 Å². The predicted molar refractivity (Wildman–Crippen MR) is 87.7 cm³/mol. The fourth-order valence-electron chi connectivity index (χ4n) is 2.01. The summed E-state index contributed by atoms with van der Waals surface area (Å²) >= 11 is 0. The van der Waals surface area contributed by atoms with Crippen LogP contribution in [0, 0.1) is 6.92 Å². The fraction of sp³-hybridized carbons (Fsp3) is 0.294. The molecular weight excluding hydrogens is 264 g/mol. The van der Waals surface area contributed by atoms with Crippen LogP contribution >= 0.6 is 0 Å². The summed E-state index contributed by atoms with van der Waals surface area (Å²) in [5, 5.41) is 3.32. The minimum atomic E-state index is 0.598. The average Bonchev–Trinajstić information content (AvgIpc) is 2.46. The molecule has 2 aromatic carbocycles. The molecule has 21 heavy (non-hydrogen) atoms. The van der Waals surface area contributed by atoms with Crippen LogP contribution in [0.1, 0.15) is 19.4 Å². The van der Waals surface area contributed by atoms with Crippen molar-refractivity contribution < 1.29 is 9.47 Å². The average molecular weight is 286 g/mol. The Morgan fingerprint density at radius 3 is 2.19 bits per heavy atom. The van der Waals surface area contributed by atoms with Crippen molar-refractivity contribution in [3.63, 3.8) is 0 Å². The molecule has 0 saturated carbocycles. The summed E-state index contributed by atoms with van der Waals surface area (Å²) in [7, 11) is 0. The molecule has 112 valence electrons. The number of nitrogens with one attached hydrogen (secondary N) is 1. The van der Waals surface area contributed by atoms with Gasteiger partial charge >= 0.3 is 0 Å². The van der Waals surface area contributed by atoms with Crippen LogP contribution in [0.2, 0.25) is 0 Å². The maximum atomic E-state index is 5.93. The first kappa shape index (κ1) is 15.0. The summed E-state index contributed by atoms with van der Waals surface area (Å²) < 4.78 is 11.2. The molecule has 4 heteroatoms. The van der Waals surface area contributed by atoms with Gasteiger partial charge in [-0.05, 0) is 50.6 Å². The number of anilines is 3. The summed E-state index contributed by atoms with van der Waals surface area (Å²) in [6.45, 7) is 7.11. The zero-order valence-corrected chi connectivity index (χ0v) is 12.8. The molecule has 0 aromatic heterocycles. The molecule has 4 nitrogen and oxygen atoms in total. The third-order valence-corrected chi connectivity index (χ3v) is 3.11. The molecule has 0 aliphatic rings. The SMILES string of the molecule is CCOc1ccc(Nc2ccc(C)c(N)c2)cc1OCC. The lowest BCUT2D eigenvalue weighted by Crippen LogP contribution is -2.00. The number of benzene rings is 2. The van der Waals surface area contributed by atoms with Crippen LogP contribution in [0.25, 0.3) is 0 Å². The molecule has 0 fully saturated rings. The molecule has 0 atom stereocenters. The molecule has 0 saturated heterocycles. The lowest BCUT2D eigenvalue weighted by atomic mass is 10.2. The molecule has 2 aromatic rings. The van der Waals surface area contributed by atoms with Crippen molar-refractivity contribution in [2.24, 2.45) is 0 Å². The van der Waals surface area contributed by atoms with E-state index in [-0.39, 0.29) is 0 Å². The van der Waals surface area contributed by atoms with Gasteiger partial charge in [-0.3, -0.25) is 0 Å². The summed E-state index contributed by atoms with van der Waals surface area (Å²) in [6, 6.07) is 11.7. The molecule has 0 aliphatic carbocycles. The molecule has 0 spiro atoms. The van der Waals surface area contributed by atoms with Gasteiger partial charge in [0.25, 0.3) is 0 Å². The summed E-state index contributed by atoms with van der Waals surface area (Å²) in [6.07, 6.45) is 0. The highest BCUT2D eigenvalue weighted by molar-refractivity contribution is 5.67. The van der Waals surface area contributed by atoms with Crippen molar-refractivity contribution in [3.05, 3.63) is 42.0 Å². The monoisotopic (exact) mass is 286 g/mol. The molecule has 2 rings (SSSR count). The van der Waals surface area contributed by atoms with E-state index < -0.39 is 0 Å². The lowest BCUT2D eigenvalue weighted by molar-refractivity contribution is 0.288. The predicted octanol–water partition coefficient (Wildman–Crippen LogP) is 4.12. The zero-order valence-electron chi connectivity index (χ0n) is 12.8. The summed E-state index contributed by atoms with van der Waals surface area (Å²) in [5.74, 6) is 1.50.